The molecule has 0 aromatic heterocycles. The highest BCUT2D eigenvalue weighted by Crippen LogP contribution is 2.40. The van der Waals surface area contributed by atoms with E-state index in [0.717, 1.165) is 25.7 Å². The minimum absolute atomic E-state index is 0.178. The highest BCUT2D eigenvalue weighted by atomic mass is 16.6. The first-order valence-electron chi connectivity index (χ1n) is 6.44. The standard InChI is InChI=1S/C14H15NO4/c16-12(17)10-4-3-5-11(8-10)15-9-14(19-13(15)18)6-1-2-7-14/h3-5,8H,1-2,6-7,9H2,(H,16,17). The van der Waals surface area contributed by atoms with E-state index in [4.69, 9.17) is 9.84 Å². The Morgan fingerprint density at radius 2 is 2.05 bits per heavy atom. The van der Waals surface area contributed by atoms with Gasteiger partial charge in [-0.3, -0.25) is 4.90 Å². The molecule has 100 valence electrons. The van der Waals surface area contributed by atoms with Crippen LogP contribution in [0.1, 0.15) is 36.0 Å². The van der Waals surface area contributed by atoms with Crippen molar-refractivity contribution in [1.82, 2.24) is 0 Å². The number of nitrogens with zero attached hydrogens (tertiary/aromatic N) is 1. The van der Waals surface area contributed by atoms with Gasteiger partial charge < -0.3 is 9.84 Å². The van der Waals surface area contributed by atoms with Crippen LogP contribution in [0.4, 0.5) is 10.5 Å². The molecule has 1 heterocycles. The topological polar surface area (TPSA) is 66.8 Å². The predicted octanol–water partition coefficient (Wildman–Crippen LogP) is 2.65. The van der Waals surface area contributed by atoms with Gasteiger partial charge in [0.15, 0.2) is 0 Å². The Hall–Kier alpha value is -2.04. The van der Waals surface area contributed by atoms with Gasteiger partial charge >= 0.3 is 12.1 Å². The van der Waals surface area contributed by atoms with Crippen LogP contribution in [-0.4, -0.2) is 29.3 Å². The molecule has 1 aliphatic heterocycles. The minimum Gasteiger partial charge on any atom is -0.478 e. The molecule has 5 heteroatoms. The molecule has 0 bridgehead atoms. The van der Waals surface area contributed by atoms with E-state index < -0.39 is 5.97 Å². The molecule has 0 radical (unpaired) electrons. The molecule has 1 aromatic rings. The zero-order chi connectivity index (χ0) is 13.5. The average Bonchev–Trinajstić information content (AvgIpc) is 2.97. The number of carbonyl (C=O) groups is 2. The molecule has 1 spiro atoms. The molecule has 1 saturated carbocycles. The second-order valence-electron chi connectivity index (χ2n) is 5.20. The Labute approximate surface area is 110 Å². The monoisotopic (exact) mass is 261 g/mol. The first-order chi connectivity index (χ1) is 9.10. The van der Waals surface area contributed by atoms with Crippen molar-refractivity contribution in [3.63, 3.8) is 0 Å². The third-order valence-electron chi connectivity index (χ3n) is 3.89. The summed E-state index contributed by atoms with van der Waals surface area (Å²) in [5, 5.41) is 8.99. The lowest BCUT2D eigenvalue weighted by molar-refractivity contribution is 0.0628. The fourth-order valence-electron chi connectivity index (χ4n) is 2.91. The van der Waals surface area contributed by atoms with E-state index in [9.17, 15) is 9.59 Å². The summed E-state index contributed by atoms with van der Waals surface area (Å²) < 4.78 is 5.52. The van der Waals surface area contributed by atoms with Crippen LogP contribution in [0.15, 0.2) is 24.3 Å². The zero-order valence-corrected chi connectivity index (χ0v) is 10.5. The molecule has 0 atom stereocenters. The minimum atomic E-state index is -0.995. The highest BCUT2D eigenvalue weighted by molar-refractivity contribution is 5.93. The normalized spacial score (nSPS) is 20.8. The first kappa shape index (κ1) is 12.0. The SMILES string of the molecule is O=C(O)c1cccc(N2CC3(CCCC3)OC2=O)c1. The third-order valence-corrected chi connectivity index (χ3v) is 3.89. The zero-order valence-electron chi connectivity index (χ0n) is 10.5. The summed E-state index contributed by atoms with van der Waals surface area (Å²) in [5.74, 6) is -0.995. The van der Waals surface area contributed by atoms with Gasteiger partial charge in [-0.2, -0.15) is 0 Å². The molecule has 1 amide bonds. The van der Waals surface area contributed by atoms with E-state index in [0.29, 0.717) is 12.2 Å². The van der Waals surface area contributed by atoms with Gasteiger partial charge in [0.2, 0.25) is 0 Å². The summed E-state index contributed by atoms with van der Waals surface area (Å²) in [7, 11) is 0. The number of hydrogen-bond acceptors (Lipinski definition) is 3. The molecule has 1 aromatic carbocycles. The number of amides is 1. The van der Waals surface area contributed by atoms with Gasteiger partial charge in [-0.1, -0.05) is 6.07 Å². The van der Waals surface area contributed by atoms with Crippen LogP contribution in [0.2, 0.25) is 0 Å². The van der Waals surface area contributed by atoms with Gasteiger partial charge in [-0.25, -0.2) is 9.59 Å². The number of rotatable bonds is 2. The molecule has 1 aliphatic carbocycles. The van der Waals surface area contributed by atoms with Gasteiger partial charge in [0, 0.05) is 5.69 Å². The van der Waals surface area contributed by atoms with Crippen molar-refractivity contribution < 1.29 is 19.4 Å². The van der Waals surface area contributed by atoms with Crippen molar-refractivity contribution in [3.8, 4) is 0 Å². The molecule has 2 fully saturated rings. The number of benzene rings is 1. The summed E-state index contributed by atoms with van der Waals surface area (Å²) in [5.41, 5.74) is 0.419. The second-order valence-corrected chi connectivity index (χ2v) is 5.20. The van der Waals surface area contributed by atoms with Gasteiger partial charge in [-0.15, -0.1) is 0 Å². The Morgan fingerprint density at radius 1 is 1.32 bits per heavy atom. The number of ether oxygens (including phenoxy) is 1. The predicted molar refractivity (Wildman–Crippen MR) is 68.4 cm³/mol. The molecule has 0 unspecified atom stereocenters. The number of carboxylic acid groups (broad SMARTS) is 1. The van der Waals surface area contributed by atoms with E-state index in [1.807, 2.05) is 0 Å². The molecule has 2 aliphatic rings. The number of carbonyl (C=O) groups excluding carboxylic acids is 1. The summed E-state index contributed by atoms with van der Waals surface area (Å²) in [4.78, 5) is 24.5. The Balaban J connectivity index is 1.88. The fourth-order valence-corrected chi connectivity index (χ4v) is 2.91. The Bertz CT molecular complexity index is 534. The molecule has 1 saturated heterocycles. The van der Waals surface area contributed by atoms with E-state index in [-0.39, 0.29) is 17.3 Å². The van der Waals surface area contributed by atoms with Crippen molar-refractivity contribution in [2.75, 3.05) is 11.4 Å². The molecule has 5 nitrogen and oxygen atoms in total. The van der Waals surface area contributed by atoms with Crippen LogP contribution in [0.3, 0.4) is 0 Å². The molecule has 3 rings (SSSR count). The summed E-state index contributed by atoms with van der Waals surface area (Å²) in [6.45, 7) is 0.523. The maximum atomic E-state index is 12.0. The quantitative estimate of drug-likeness (QED) is 0.888. The average molecular weight is 261 g/mol. The van der Waals surface area contributed by atoms with Crippen LogP contribution in [0, 0.1) is 0 Å². The molecular formula is C14H15NO4. The maximum absolute atomic E-state index is 12.0. The van der Waals surface area contributed by atoms with Crippen LogP contribution in [0.5, 0.6) is 0 Å². The summed E-state index contributed by atoms with van der Waals surface area (Å²) >= 11 is 0. The second kappa shape index (κ2) is 4.26. The molecule has 19 heavy (non-hydrogen) atoms. The van der Waals surface area contributed by atoms with Gasteiger partial charge in [0.1, 0.15) is 5.60 Å². The van der Waals surface area contributed by atoms with E-state index in [1.165, 1.54) is 17.0 Å². The Morgan fingerprint density at radius 3 is 2.74 bits per heavy atom. The molecular weight excluding hydrogens is 246 g/mol. The van der Waals surface area contributed by atoms with Gasteiger partial charge in [-0.05, 0) is 43.9 Å². The van der Waals surface area contributed by atoms with Crippen LogP contribution in [-0.2, 0) is 4.74 Å². The highest BCUT2D eigenvalue weighted by Gasteiger charge is 2.47. The van der Waals surface area contributed by atoms with E-state index >= 15 is 0 Å². The molecule has 1 N–H and O–H groups in total. The lowest BCUT2D eigenvalue weighted by Gasteiger charge is -2.20. The lowest BCUT2D eigenvalue weighted by Crippen LogP contribution is -2.31. The van der Waals surface area contributed by atoms with Crippen LogP contribution >= 0.6 is 0 Å². The maximum Gasteiger partial charge on any atom is 0.415 e. The van der Waals surface area contributed by atoms with Crippen LogP contribution in [0.25, 0.3) is 0 Å². The van der Waals surface area contributed by atoms with E-state index in [1.54, 1.807) is 12.1 Å². The van der Waals surface area contributed by atoms with Crippen molar-refractivity contribution in [3.05, 3.63) is 29.8 Å². The van der Waals surface area contributed by atoms with Gasteiger partial charge in [0.05, 0.1) is 12.1 Å². The Kier molecular flexibility index (Phi) is 2.69. The van der Waals surface area contributed by atoms with Crippen molar-refractivity contribution in [2.45, 2.75) is 31.3 Å². The van der Waals surface area contributed by atoms with Crippen LogP contribution < -0.4 is 4.90 Å². The number of anilines is 1. The van der Waals surface area contributed by atoms with Gasteiger partial charge in [0.25, 0.3) is 0 Å². The summed E-state index contributed by atoms with van der Waals surface area (Å²) in [6, 6.07) is 6.41. The van der Waals surface area contributed by atoms with E-state index in [2.05, 4.69) is 0 Å². The lowest BCUT2D eigenvalue weighted by atomic mass is 10.0. The van der Waals surface area contributed by atoms with Crippen molar-refractivity contribution in [1.29, 1.82) is 0 Å². The summed E-state index contributed by atoms with van der Waals surface area (Å²) in [6.07, 6.45) is 3.58. The fraction of sp³-hybridized carbons (Fsp3) is 0.429. The largest absolute Gasteiger partial charge is 0.478 e. The third kappa shape index (κ3) is 2.05. The number of aromatic carboxylic acids is 1. The number of hydrogen-bond donors (Lipinski definition) is 1. The smallest absolute Gasteiger partial charge is 0.415 e. The first-order valence-corrected chi connectivity index (χ1v) is 6.44. The van der Waals surface area contributed by atoms with Crippen molar-refractivity contribution in [2.24, 2.45) is 0 Å². The van der Waals surface area contributed by atoms with Crippen molar-refractivity contribution >= 4 is 17.7 Å². The number of carboxylic acids is 1.